The molecule has 0 atom stereocenters. The van der Waals surface area contributed by atoms with Gasteiger partial charge < -0.3 is 19.6 Å². The minimum atomic E-state index is -0.152. The number of aromatic nitrogens is 5. The summed E-state index contributed by atoms with van der Waals surface area (Å²) in [7, 11) is 1.59. The van der Waals surface area contributed by atoms with Crippen LogP contribution in [0.2, 0.25) is 0 Å². The number of carbonyl (C=O) groups is 1. The van der Waals surface area contributed by atoms with E-state index < -0.39 is 0 Å². The second-order valence-electron chi connectivity index (χ2n) is 7.20. The first-order valence-corrected chi connectivity index (χ1v) is 11.5. The van der Waals surface area contributed by atoms with Crippen LogP contribution in [-0.2, 0) is 18.7 Å². The number of nitrogens with zero attached hydrogens (tertiary/aromatic N) is 4. The number of nitrogens with one attached hydrogen (secondary N) is 2. The summed E-state index contributed by atoms with van der Waals surface area (Å²) in [4.78, 5) is 32.0. The highest BCUT2D eigenvalue weighted by molar-refractivity contribution is 7.98. The number of H-pyrrole nitrogens is 1. The van der Waals surface area contributed by atoms with Crippen molar-refractivity contribution < 1.29 is 9.53 Å². The molecule has 0 spiro atoms. The topological polar surface area (TPSA) is 115 Å². The van der Waals surface area contributed by atoms with Gasteiger partial charge in [-0.25, -0.2) is 4.98 Å². The molecule has 0 fully saturated rings. The summed E-state index contributed by atoms with van der Waals surface area (Å²) < 4.78 is 7.12. The molecule has 1 amide bonds. The van der Waals surface area contributed by atoms with Gasteiger partial charge in [0.05, 0.1) is 23.8 Å². The molecular formula is C23H24N6O3S. The van der Waals surface area contributed by atoms with Crippen LogP contribution in [0.15, 0.2) is 58.5 Å². The summed E-state index contributed by atoms with van der Waals surface area (Å²) in [6.45, 7) is 3.15. The number of thioether (sulfide) groups is 1. The number of hydrogen-bond acceptors (Lipinski definition) is 7. The molecule has 2 aromatic heterocycles. The van der Waals surface area contributed by atoms with E-state index in [2.05, 4.69) is 25.5 Å². The molecule has 170 valence electrons. The fraction of sp³-hybridized carbons (Fsp3) is 0.261. The lowest BCUT2D eigenvalue weighted by atomic mass is 10.2. The highest BCUT2D eigenvalue weighted by Gasteiger charge is 2.13. The van der Waals surface area contributed by atoms with E-state index in [0.717, 1.165) is 11.0 Å². The number of hydrogen-bond donors (Lipinski definition) is 2. The third kappa shape index (κ3) is 5.23. The highest BCUT2D eigenvalue weighted by atomic mass is 32.2. The molecule has 0 radical (unpaired) electrons. The van der Waals surface area contributed by atoms with Gasteiger partial charge in [0.2, 0.25) is 0 Å². The summed E-state index contributed by atoms with van der Waals surface area (Å²) in [6.07, 6.45) is 0.550. The normalized spacial score (nSPS) is 11.0. The molecule has 2 N–H and O–H groups in total. The number of amides is 1. The molecule has 0 unspecified atom stereocenters. The van der Waals surface area contributed by atoms with Gasteiger partial charge in [0, 0.05) is 25.1 Å². The largest absolute Gasteiger partial charge is 0.497 e. The fourth-order valence-electron chi connectivity index (χ4n) is 3.40. The lowest BCUT2D eigenvalue weighted by Gasteiger charge is -2.09. The minimum Gasteiger partial charge on any atom is -0.497 e. The van der Waals surface area contributed by atoms with Gasteiger partial charge >= 0.3 is 0 Å². The summed E-state index contributed by atoms with van der Waals surface area (Å²) in [5, 5.41) is 12.8. The Labute approximate surface area is 194 Å². The maximum absolute atomic E-state index is 12.3. The average molecular weight is 465 g/mol. The summed E-state index contributed by atoms with van der Waals surface area (Å²) >= 11 is 1.46. The summed E-state index contributed by atoms with van der Waals surface area (Å²) in [5.74, 6) is 2.39. The van der Waals surface area contributed by atoms with Crippen molar-refractivity contribution in [1.82, 2.24) is 30.0 Å². The van der Waals surface area contributed by atoms with Crippen molar-refractivity contribution in [3.8, 4) is 5.75 Å². The third-order valence-corrected chi connectivity index (χ3v) is 6.07. The van der Waals surface area contributed by atoms with Crippen LogP contribution in [0.25, 0.3) is 10.9 Å². The number of benzene rings is 2. The van der Waals surface area contributed by atoms with Gasteiger partial charge in [0.1, 0.15) is 17.4 Å². The van der Waals surface area contributed by atoms with Crippen LogP contribution in [0.3, 0.4) is 0 Å². The lowest BCUT2D eigenvalue weighted by Crippen LogP contribution is -2.26. The molecule has 0 saturated heterocycles. The molecule has 0 bridgehead atoms. The molecular weight excluding hydrogens is 440 g/mol. The Hall–Kier alpha value is -3.66. The predicted molar refractivity (Wildman–Crippen MR) is 127 cm³/mol. The first-order chi connectivity index (χ1) is 16.1. The van der Waals surface area contributed by atoms with Gasteiger partial charge in [0.15, 0.2) is 5.16 Å². The number of para-hydroxylation sites is 1. The van der Waals surface area contributed by atoms with E-state index >= 15 is 0 Å². The quantitative estimate of drug-likeness (QED) is 0.366. The molecule has 0 saturated carbocycles. The number of aromatic amines is 1. The Bertz CT molecular complexity index is 1320. The standard InChI is InChI=1S/C23H24N6O3S/c1-3-29-20(12-13-24-21(30)15-8-10-16(32-2)11-9-15)27-28-23(29)33-14-19-25-18-7-5-4-6-17(18)22(31)26-19/h4-11H,3,12-14H2,1-2H3,(H,24,30)(H,25,26,31). The first-order valence-electron chi connectivity index (χ1n) is 10.5. The number of methoxy groups -OCH3 is 1. The van der Waals surface area contributed by atoms with Gasteiger partial charge in [-0.1, -0.05) is 23.9 Å². The van der Waals surface area contributed by atoms with Crippen molar-refractivity contribution in [2.45, 2.75) is 30.8 Å². The van der Waals surface area contributed by atoms with E-state index in [1.54, 1.807) is 37.4 Å². The van der Waals surface area contributed by atoms with E-state index in [1.807, 2.05) is 29.7 Å². The van der Waals surface area contributed by atoms with E-state index in [0.29, 0.717) is 53.3 Å². The second-order valence-corrected chi connectivity index (χ2v) is 8.14. The van der Waals surface area contributed by atoms with Crippen LogP contribution in [0.4, 0.5) is 0 Å². The van der Waals surface area contributed by atoms with Gasteiger partial charge in [-0.2, -0.15) is 0 Å². The molecule has 2 heterocycles. The van der Waals surface area contributed by atoms with Crippen molar-refractivity contribution in [3.05, 3.63) is 76.1 Å². The van der Waals surface area contributed by atoms with Crippen molar-refractivity contribution >= 4 is 28.6 Å². The number of rotatable bonds is 9. The third-order valence-electron chi connectivity index (χ3n) is 5.10. The molecule has 0 aliphatic carbocycles. The minimum absolute atomic E-state index is 0.151. The van der Waals surface area contributed by atoms with Crippen molar-refractivity contribution in [3.63, 3.8) is 0 Å². The smallest absolute Gasteiger partial charge is 0.258 e. The Morgan fingerprint density at radius 2 is 1.94 bits per heavy atom. The average Bonchev–Trinajstić information content (AvgIpc) is 3.24. The zero-order valence-corrected chi connectivity index (χ0v) is 19.2. The zero-order valence-electron chi connectivity index (χ0n) is 18.4. The van der Waals surface area contributed by atoms with Crippen LogP contribution >= 0.6 is 11.8 Å². The summed E-state index contributed by atoms with van der Waals surface area (Å²) in [5.41, 5.74) is 1.09. The Balaban J connectivity index is 1.36. The highest BCUT2D eigenvalue weighted by Crippen LogP contribution is 2.21. The van der Waals surface area contributed by atoms with Crippen molar-refractivity contribution in [1.29, 1.82) is 0 Å². The molecule has 4 aromatic rings. The Kier molecular flexibility index (Phi) is 7.04. The predicted octanol–water partition coefficient (Wildman–Crippen LogP) is 2.81. The molecule has 0 aliphatic heterocycles. The van der Waals surface area contributed by atoms with Crippen LogP contribution in [0, 0.1) is 0 Å². The van der Waals surface area contributed by atoms with Crippen molar-refractivity contribution in [2.24, 2.45) is 0 Å². The monoisotopic (exact) mass is 464 g/mol. The zero-order chi connectivity index (χ0) is 23.2. The first kappa shape index (κ1) is 22.5. The number of fused-ring (bicyclic) bond motifs is 1. The number of carbonyl (C=O) groups excluding carboxylic acids is 1. The van der Waals surface area contributed by atoms with Crippen LogP contribution < -0.4 is 15.6 Å². The molecule has 9 nitrogen and oxygen atoms in total. The molecule has 10 heteroatoms. The Morgan fingerprint density at radius 3 is 2.70 bits per heavy atom. The van der Waals surface area contributed by atoms with Gasteiger partial charge in [-0.15, -0.1) is 10.2 Å². The fourth-order valence-corrected chi connectivity index (χ4v) is 4.29. The van der Waals surface area contributed by atoms with Crippen LogP contribution in [0.1, 0.15) is 28.9 Å². The molecule has 0 aliphatic rings. The molecule has 4 rings (SSSR count). The van der Waals surface area contributed by atoms with E-state index in [-0.39, 0.29) is 11.5 Å². The maximum atomic E-state index is 12.3. The molecule has 33 heavy (non-hydrogen) atoms. The molecule has 2 aromatic carbocycles. The SMILES string of the molecule is CCn1c(CCNC(=O)c2ccc(OC)cc2)nnc1SCc1nc2ccccc2c(=O)[nH]1. The number of ether oxygens (including phenoxy) is 1. The Morgan fingerprint density at radius 1 is 1.15 bits per heavy atom. The van der Waals surface area contributed by atoms with Gasteiger partial charge in [0.25, 0.3) is 11.5 Å². The lowest BCUT2D eigenvalue weighted by molar-refractivity contribution is 0.0954. The van der Waals surface area contributed by atoms with Crippen molar-refractivity contribution in [2.75, 3.05) is 13.7 Å². The van der Waals surface area contributed by atoms with Gasteiger partial charge in [-0.3, -0.25) is 9.59 Å². The van der Waals surface area contributed by atoms with E-state index in [9.17, 15) is 9.59 Å². The second kappa shape index (κ2) is 10.3. The van der Waals surface area contributed by atoms with Crippen LogP contribution in [-0.4, -0.2) is 44.3 Å². The van der Waals surface area contributed by atoms with E-state index in [1.165, 1.54) is 11.8 Å². The van der Waals surface area contributed by atoms with Crippen LogP contribution in [0.5, 0.6) is 5.75 Å². The van der Waals surface area contributed by atoms with E-state index in [4.69, 9.17) is 4.74 Å². The van der Waals surface area contributed by atoms with Gasteiger partial charge in [-0.05, 0) is 43.3 Å². The summed E-state index contributed by atoms with van der Waals surface area (Å²) in [6, 6.07) is 14.2. The maximum Gasteiger partial charge on any atom is 0.258 e.